The number of ether oxygens (including phenoxy) is 1. The van der Waals surface area contributed by atoms with Gasteiger partial charge in [-0.3, -0.25) is 19.8 Å². The lowest BCUT2D eigenvalue weighted by Crippen LogP contribution is -2.60. The fourth-order valence-corrected chi connectivity index (χ4v) is 5.23. The standard InChI is InChI=1S/C29H36N4O4.2C2HF3O2/c1-20(2)17-33-14-6-13-29(19-33,16-27(34)32-36)31-28(35)22-9-11-24(12-10-22)37-18-23-15-21(3)30-26-8-5-4-7-25(23)26;2*3-2(4,5)1(6)7/h4-5,7-12,15,20,36H,6,13-14,16-19H2,1-3H3,(H,31,35)(H,32,34);2*(H,6,7). The molecule has 1 aliphatic rings. The zero-order valence-corrected chi connectivity index (χ0v) is 27.8. The normalized spacial score (nSPS) is 16.2. The molecule has 0 spiro atoms. The Morgan fingerprint density at radius 3 is 2.06 bits per heavy atom. The van der Waals surface area contributed by atoms with E-state index in [1.54, 1.807) is 29.7 Å². The van der Waals surface area contributed by atoms with Crippen LogP contribution in [0.3, 0.4) is 0 Å². The lowest BCUT2D eigenvalue weighted by atomic mass is 9.84. The molecular weight excluding hydrogens is 694 g/mol. The van der Waals surface area contributed by atoms with Crippen molar-refractivity contribution in [1.82, 2.24) is 20.7 Å². The second-order valence-electron chi connectivity index (χ2n) is 12.0. The molecule has 1 aromatic heterocycles. The van der Waals surface area contributed by atoms with E-state index in [4.69, 9.17) is 29.7 Å². The van der Waals surface area contributed by atoms with Gasteiger partial charge in [-0.25, -0.2) is 15.1 Å². The number of hydrogen-bond acceptors (Lipinski definition) is 8. The highest BCUT2D eigenvalue weighted by atomic mass is 19.4. The average Bonchev–Trinajstić information content (AvgIpc) is 3.03. The lowest BCUT2D eigenvalue weighted by molar-refractivity contribution is -0.193. The van der Waals surface area contributed by atoms with Crippen LogP contribution < -0.4 is 15.5 Å². The predicted molar refractivity (Wildman–Crippen MR) is 170 cm³/mol. The largest absolute Gasteiger partial charge is 0.490 e. The van der Waals surface area contributed by atoms with Crippen molar-refractivity contribution >= 4 is 34.7 Å². The Morgan fingerprint density at radius 2 is 1.53 bits per heavy atom. The topological polar surface area (TPSA) is 178 Å². The van der Waals surface area contributed by atoms with E-state index < -0.39 is 35.7 Å². The molecule has 51 heavy (non-hydrogen) atoms. The summed E-state index contributed by atoms with van der Waals surface area (Å²) in [7, 11) is 0. The summed E-state index contributed by atoms with van der Waals surface area (Å²) in [6.07, 6.45) is -8.62. The van der Waals surface area contributed by atoms with Crippen LogP contribution in [-0.2, 0) is 21.0 Å². The number of fused-ring (bicyclic) bond motifs is 1. The number of nitrogens with one attached hydrogen (secondary N) is 2. The van der Waals surface area contributed by atoms with Crippen LogP contribution in [0.5, 0.6) is 5.75 Å². The van der Waals surface area contributed by atoms with Gasteiger partial charge in [0.2, 0.25) is 5.91 Å². The summed E-state index contributed by atoms with van der Waals surface area (Å²) in [6, 6.07) is 17.0. The molecule has 2 heterocycles. The van der Waals surface area contributed by atoms with E-state index in [0.717, 1.165) is 41.7 Å². The van der Waals surface area contributed by atoms with E-state index in [9.17, 15) is 35.9 Å². The van der Waals surface area contributed by atoms with E-state index in [-0.39, 0.29) is 12.3 Å². The molecule has 1 unspecified atom stereocenters. The number of carboxylic acid groups (broad SMARTS) is 2. The lowest BCUT2D eigenvalue weighted by Gasteiger charge is -2.43. The number of hydroxylamine groups is 1. The summed E-state index contributed by atoms with van der Waals surface area (Å²) in [5.41, 5.74) is 4.39. The zero-order valence-electron chi connectivity index (χ0n) is 27.8. The van der Waals surface area contributed by atoms with Gasteiger partial charge in [0.25, 0.3) is 5.91 Å². The van der Waals surface area contributed by atoms with E-state index in [0.29, 0.717) is 36.8 Å². The molecule has 0 aliphatic carbocycles. The number of hydrogen-bond donors (Lipinski definition) is 5. The molecule has 1 saturated heterocycles. The molecule has 0 radical (unpaired) electrons. The number of rotatable bonds is 9. The van der Waals surface area contributed by atoms with Gasteiger partial charge in [-0.1, -0.05) is 32.0 Å². The van der Waals surface area contributed by atoms with Gasteiger partial charge in [0.1, 0.15) is 12.4 Å². The number of likely N-dealkylation sites (tertiary alicyclic amines) is 1. The number of carbonyl (C=O) groups is 4. The molecule has 2 amide bonds. The smallest absolute Gasteiger partial charge is 0.489 e. The number of para-hydroxylation sites is 1. The van der Waals surface area contributed by atoms with E-state index >= 15 is 0 Å². The Hall–Kier alpha value is -4.97. The van der Waals surface area contributed by atoms with Crippen molar-refractivity contribution in [2.75, 3.05) is 19.6 Å². The minimum atomic E-state index is -5.08. The van der Waals surface area contributed by atoms with Gasteiger partial charge in [0.15, 0.2) is 0 Å². The molecule has 280 valence electrons. The van der Waals surface area contributed by atoms with Crippen molar-refractivity contribution in [2.24, 2.45) is 5.92 Å². The van der Waals surface area contributed by atoms with Crippen LogP contribution in [0.25, 0.3) is 10.9 Å². The summed E-state index contributed by atoms with van der Waals surface area (Å²) in [5, 5.41) is 27.6. The summed E-state index contributed by atoms with van der Waals surface area (Å²) in [4.78, 5) is 50.0. The van der Waals surface area contributed by atoms with Crippen molar-refractivity contribution in [2.45, 2.75) is 64.5 Å². The first-order valence-corrected chi connectivity index (χ1v) is 15.3. The number of aliphatic carboxylic acids is 2. The number of amides is 2. The number of pyridine rings is 1. The number of halogens is 6. The maximum atomic E-state index is 13.2. The first-order valence-electron chi connectivity index (χ1n) is 15.3. The SMILES string of the molecule is Cc1cc(COc2ccc(C(=O)NC3(CC(=O)NO)CCCN(CC(C)C)C3)cc2)c2ccccc2n1.O=C(O)C(F)(F)F.O=C(O)C(F)(F)F. The third kappa shape index (κ3) is 14.1. The monoisotopic (exact) mass is 732 g/mol. The highest BCUT2D eigenvalue weighted by molar-refractivity contribution is 5.95. The van der Waals surface area contributed by atoms with Crippen LogP contribution in [0, 0.1) is 12.8 Å². The Labute approximate surface area is 288 Å². The van der Waals surface area contributed by atoms with Gasteiger partial charge in [-0.15, -0.1) is 0 Å². The maximum Gasteiger partial charge on any atom is 0.490 e. The van der Waals surface area contributed by atoms with Crippen LogP contribution in [0.2, 0.25) is 0 Å². The number of benzene rings is 2. The van der Waals surface area contributed by atoms with Gasteiger partial charge in [0, 0.05) is 35.3 Å². The molecular formula is C33H38F6N4O8. The number of carboxylic acids is 2. The number of alkyl halides is 6. The first kappa shape index (κ1) is 42.2. The molecule has 5 N–H and O–H groups in total. The molecule has 3 aromatic rings. The van der Waals surface area contributed by atoms with Crippen LogP contribution >= 0.6 is 0 Å². The van der Waals surface area contributed by atoms with Crippen molar-refractivity contribution < 1.29 is 65.7 Å². The maximum absolute atomic E-state index is 13.2. The highest BCUT2D eigenvalue weighted by Gasteiger charge is 2.40. The minimum Gasteiger partial charge on any atom is -0.489 e. The van der Waals surface area contributed by atoms with E-state index in [2.05, 4.69) is 29.0 Å². The second kappa shape index (κ2) is 18.3. The summed E-state index contributed by atoms with van der Waals surface area (Å²) < 4.78 is 69.5. The summed E-state index contributed by atoms with van der Waals surface area (Å²) in [5.74, 6) is -5.14. The Kier molecular flexibility index (Phi) is 15.2. The molecule has 4 rings (SSSR count). The second-order valence-corrected chi connectivity index (χ2v) is 12.0. The number of piperidine rings is 1. The molecule has 1 atom stereocenters. The van der Waals surface area contributed by atoms with Gasteiger partial charge >= 0.3 is 24.3 Å². The third-order valence-electron chi connectivity index (χ3n) is 7.21. The highest BCUT2D eigenvalue weighted by Crippen LogP contribution is 2.27. The number of nitrogens with zero attached hydrogens (tertiary/aromatic N) is 2. The summed E-state index contributed by atoms with van der Waals surface area (Å²) in [6.45, 7) is 9.03. The van der Waals surface area contributed by atoms with Gasteiger partial charge < -0.3 is 25.2 Å². The minimum absolute atomic E-state index is 0.0182. The van der Waals surface area contributed by atoms with E-state index in [1.807, 2.05) is 37.3 Å². The third-order valence-corrected chi connectivity index (χ3v) is 7.21. The van der Waals surface area contributed by atoms with E-state index in [1.165, 1.54) is 0 Å². The molecule has 1 aliphatic heterocycles. The Bertz CT molecular complexity index is 1630. The Morgan fingerprint density at radius 1 is 0.961 bits per heavy atom. The van der Waals surface area contributed by atoms with Gasteiger partial charge in [0.05, 0.1) is 17.5 Å². The first-order chi connectivity index (χ1) is 23.7. The van der Waals surface area contributed by atoms with Gasteiger partial charge in [-0.05, 0) is 68.6 Å². The van der Waals surface area contributed by atoms with Crippen LogP contribution in [0.1, 0.15) is 54.7 Å². The predicted octanol–water partition coefficient (Wildman–Crippen LogP) is 5.50. The summed E-state index contributed by atoms with van der Waals surface area (Å²) >= 11 is 0. The Balaban J connectivity index is 0.000000543. The molecule has 18 heteroatoms. The fourth-order valence-electron chi connectivity index (χ4n) is 5.23. The molecule has 2 aromatic carbocycles. The van der Waals surface area contributed by atoms with Crippen molar-refractivity contribution in [3.8, 4) is 5.75 Å². The van der Waals surface area contributed by atoms with Crippen molar-refractivity contribution in [3.63, 3.8) is 0 Å². The van der Waals surface area contributed by atoms with Gasteiger partial charge in [-0.2, -0.15) is 26.3 Å². The molecule has 0 saturated carbocycles. The van der Waals surface area contributed by atoms with Crippen molar-refractivity contribution in [3.05, 3.63) is 71.4 Å². The molecule has 0 bridgehead atoms. The number of carbonyl (C=O) groups excluding carboxylic acids is 2. The van der Waals surface area contributed by atoms with Crippen LogP contribution in [0.15, 0.2) is 54.6 Å². The number of aromatic nitrogens is 1. The fraction of sp³-hybridized carbons (Fsp3) is 0.424. The van der Waals surface area contributed by atoms with Crippen LogP contribution in [0.4, 0.5) is 26.3 Å². The molecule has 12 nitrogen and oxygen atoms in total. The van der Waals surface area contributed by atoms with Crippen molar-refractivity contribution in [1.29, 1.82) is 0 Å². The van der Waals surface area contributed by atoms with Crippen LogP contribution in [-0.4, -0.2) is 86.6 Å². The average molecular weight is 733 g/mol. The molecule has 1 fully saturated rings. The number of aryl methyl sites for hydroxylation is 1. The zero-order chi connectivity index (χ0) is 38.6. The quantitative estimate of drug-likeness (QED) is 0.107.